The Labute approximate surface area is 196 Å². The first kappa shape index (κ1) is 22.1. The lowest BCUT2D eigenvalue weighted by Gasteiger charge is -2.12. The van der Waals surface area contributed by atoms with E-state index in [1.165, 1.54) is 5.56 Å². The third-order valence-corrected chi connectivity index (χ3v) is 5.92. The van der Waals surface area contributed by atoms with Gasteiger partial charge < -0.3 is 14.6 Å². The van der Waals surface area contributed by atoms with Crippen LogP contribution in [0.4, 0.5) is 0 Å². The van der Waals surface area contributed by atoms with Gasteiger partial charge >= 0.3 is 0 Å². The Morgan fingerprint density at radius 3 is 2.53 bits per heavy atom. The predicted octanol–water partition coefficient (Wildman–Crippen LogP) is 5.41. The highest BCUT2D eigenvalue weighted by molar-refractivity contribution is 9.10. The first-order valence-corrected chi connectivity index (χ1v) is 11.6. The van der Waals surface area contributed by atoms with E-state index in [0.29, 0.717) is 31.7 Å². The van der Waals surface area contributed by atoms with E-state index in [-0.39, 0.29) is 5.91 Å². The molecule has 32 heavy (non-hydrogen) atoms. The van der Waals surface area contributed by atoms with Crippen LogP contribution in [-0.4, -0.2) is 28.6 Å². The molecule has 0 bridgehead atoms. The van der Waals surface area contributed by atoms with Crippen molar-refractivity contribution in [3.63, 3.8) is 0 Å². The normalized spacial score (nSPS) is 10.9. The molecular weight excluding hydrogens is 466 g/mol. The fourth-order valence-corrected chi connectivity index (χ4v) is 3.90. The van der Waals surface area contributed by atoms with Gasteiger partial charge in [-0.2, -0.15) is 0 Å². The van der Waals surface area contributed by atoms with Gasteiger partial charge in [-0.1, -0.05) is 47.1 Å². The van der Waals surface area contributed by atoms with Crippen LogP contribution in [-0.2, 0) is 19.4 Å². The molecule has 0 saturated heterocycles. The standard InChI is InChI=1S/C26H26BrN3O2/c1-2-19-7-13-22(14-8-19)32-18-17-30-24-6-4-3-5-23(24)29-25(30)15-16-28-26(31)20-9-11-21(27)12-10-20/h3-14H,2,15-18H2,1H3,(H,28,31). The highest BCUT2D eigenvalue weighted by atomic mass is 79.9. The number of hydrogen-bond acceptors (Lipinski definition) is 3. The summed E-state index contributed by atoms with van der Waals surface area (Å²) in [5, 5.41) is 2.99. The van der Waals surface area contributed by atoms with Crippen LogP contribution < -0.4 is 10.1 Å². The summed E-state index contributed by atoms with van der Waals surface area (Å²) in [6.45, 7) is 3.89. The van der Waals surface area contributed by atoms with E-state index in [1.54, 1.807) is 12.1 Å². The second-order valence-corrected chi connectivity index (χ2v) is 8.44. The van der Waals surface area contributed by atoms with Crippen molar-refractivity contribution in [1.82, 2.24) is 14.9 Å². The van der Waals surface area contributed by atoms with Crippen molar-refractivity contribution in [3.8, 4) is 5.75 Å². The Morgan fingerprint density at radius 2 is 1.78 bits per heavy atom. The molecular formula is C26H26BrN3O2. The van der Waals surface area contributed by atoms with Gasteiger partial charge in [-0.15, -0.1) is 0 Å². The molecule has 0 unspecified atom stereocenters. The van der Waals surface area contributed by atoms with Crippen molar-refractivity contribution < 1.29 is 9.53 Å². The number of ether oxygens (including phenoxy) is 1. The average molecular weight is 492 g/mol. The molecule has 0 aliphatic carbocycles. The molecule has 1 heterocycles. The van der Waals surface area contributed by atoms with Gasteiger partial charge in [-0.25, -0.2) is 4.98 Å². The van der Waals surface area contributed by atoms with Crippen LogP contribution in [0.5, 0.6) is 5.75 Å². The van der Waals surface area contributed by atoms with Crippen molar-refractivity contribution in [3.05, 3.63) is 94.2 Å². The number of carbonyl (C=O) groups is 1. The van der Waals surface area contributed by atoms with Crippen LogP contribution >= 0.6 is 15.9 Å². The lowest BCUT2D eigenvalue weighted by molar-refractivity contribution is 0.0954. The fraction of sp³-hybridized carbons (Fsp3) is 0.231. The largest absolute Gasteiger partial charge is 0.492 e. The van der Waals surface area contributed by atoms with Crippen molar-refractivity contribution in [2.75, 3.05) is 13.2 Å². The van der Waals surface area contributed by atoms with Crippen molar-refractivity contribution in [2.24, 2.45) is 0 Å². The predicted molar refractivity (Wildman–Crippen MR) is 131 cm³/mol. The van der Waals surface area contributed by atoms with Gasteiger partial charge in [0.2, 0.25) is 0 Å². The summed E-state index contributed by atoms with van der Waals surface area (Å²) in [5.41, 5.74) is 3.97. The van der Waals surface area contributed by atoms with Gasteiger partial charge in [0.1, 0.15) is 18.2 Å². The van der Waals surface area contributed by atoms with Crippen molar-refractivity contribution in [1.29, 1.82) is 0 Å². The number of hydrogen-bond donors (Lipinski definition) is 1. The van der Waals surface area contributed by atoms with Crippen LogP contribution in [0.2, 0.25) is 0 Å². The quantitative estimate of drug-likeness (QED) is 0.340. The van der Waals surface area contributed by atoms with Crippen LogP contribution in [0.1, 0.15) is 28.7 Å². The third-order valence-electron chi connectivity index (χ3n) is 5.39. The van der Waals surface area contributed by atoms with E-state index in [0.717, 1.165) is 33.5 Å². The van der Waals surface area contributed by atoms with E-state index >= 15 is 0 Å². The number of halogens is 1. The number of aryl methyl sites for hydroxylation is 1. The highest BCUT2D eigenvalue weighted by Gasteiger charge is 2.12. The number of aromatic nitrogens is 2. The molecule has 5 nitrogen and oxygen atoms in total. The summed E-state index contributed by atoms with van der Waals surface area (Å²) in [7, 11) is 0. The monoisotopic (exact) mass is 491 g/mol. The molecule has 0 aliphatic heterocycles. The number of nitrogens with one attached hydrogen (secondary N) is 1. The summed E-state index contributed by atoms with van der Waals surface area (Å²) in [4.78, 5) is 17.2. The average Bonchev–Trinajstić information content (AvgIpc) is 3.17. The second-order valence-electron chi connectivity index (χ2n) is 7.53. The van der Waals surface area contributed by atoms with Crippen LogP contribution in [0.25, 0.3) is 11.0 Å². The Bertz CT molecular complexity index is 1180. The molecule has 1 aromatic heterocycles. The minimum atomic E-state index is -0.0842. The molecule has 4 rings (SSSR count). The van der Waals surface area contributed by atoms with E-state index in [9.17, 15) is 4.79 Å². The molecule has 4 aromatic rings. The van der Waals surface area contributed by atoms with Crippen molar-refractivity contribution >= 4 is 32.9 Å². The number of nitrogens with zero attached hydrogens (tertiary/aromatic N) is 2. The lowest BCUT2D eigenvalue weighted by atomic mass is 10.2. The SMILES string of the molecule is CCc1ccc(OCCn2c(CCNC(=O)c3ccc(Br)cc3)nc3ccccc32)cc1. The fourth-order valence-electron chi connectivity index (χ4n) is 3.63. The molecule has 1 amide bonds. The number of imidazole rings is 1. The zero-order valence-corrected chi connectivity index (χ0v) is 19.6. The Kier molecular flexibility index (Phi) is 7.22. The number of para-hydroxylation sites is 2. The van der Waals surface area contributed by atoms with E-state index in [4.69, 9.17) is 9.72 Å². The van der Waals surface area contributed by atoms with Gasteiger partial charge in [-0.3, -0.25) is 4.79 Å². The smallest absolute Gasteiger partial charge is 0.251 e. The third kappa shape index (κ3) is 5.37. The zero-order valence-electron chi connectivity index (χ0n) is 18.1. The van der Waals surface area contributed by atoms with Gasteiger partial charge in [0.15, 0.2) is 0 Å². The van der Waals surface area contributed by atoms with E-state index < -0.39 is 0 Å². The summed E-state index contributed by atoms with van der Waals surface area (Å²) >= 11 is 3.39. The van der Waals surface area contributed by atoms with Crippen LogP contribution in [0.15, 0.2) is 77.3 Å². The highest BCUT2D eigenvalue weighted by Crippen LogP contribution is 2.18. The molecule has 164 valence electrons. The summed E-state index contributed by atoms with van der Waals surface area (Å²) in [5.74, 6) is 1.72. The van der Waals surface area contributed by atoms with Crippen molar-refractivity contribution in [2.45, 2.75) is 26.3 Å². The summed E-state index contributed by atoms with van der Waals surface area (Å²) in [6.07, 6.45) is 1.66. The van der Waals surface area contributed by atoms with Gasteiger partial charge in [-0.05, 0) is 60.5 Å². The maximum atomic E-state index is 12.4. The number of rotatable bonds is 9. The van der Waals surface area contributed by atoms with Gasteiger partial charge in [0.05, 0.1) is 17.6 Å². The first-order chi connectivity index (χ1) is 15.6. The van der Waals surface area contributed by atoms with E-state index in [1.807, 2.05) is 42.5 Å². The topological polar surface area (TPSA) is 56.1 Å². The molecule has 1 N–H and O–H groups in total. The number of benzene rings is 3. The number of carbonyl (C=O) groups excluding carboxylic acids is 1. The Morgan fingerprint density at radius 1 is 1.03 bits per heavy atom. The van der Waals surface area contributed by atoms with Gasteiger partial charge in [0, 0.05) is 23.0 Å². The minimum Gasteiger partial charge on any atom is -0.492 e. The van der Waals surface area contributed by atoms with Crippen LogP contribution in [0, 0.1) is 0 Å². The molecule has 0 radical (unpaired) electrons. The Hall–Kier alpha value is -3.12. The summed E-state index contributed by atoms with van der Waals surface area (Å²) in [6, 6.07) is 23.7. The first-order valence-electron chi connectivity index (χ1n) is 10.8. The maximum absolute atomic E-state index is 12.4. The molecule has 0 fully saturated rings. The van der Waals surface area contributed by atoms with E-state index in [2.05, 4.69) is 50.9 Å². The number of amides is 1. The molecule has 6 heteroatoms. The maximum Gasteiger partial charge on any atom is 0.251 e. The molecule has 0 spiro atoms. The lowest BCUT2D eigenvalue weighted by Crippen LogP contribution is -2.26. The second kappa shape index (κ2) is 10.5. The summed E-state index contributed by atoms with van der Waals surface area (Å²) < 4.78 is 9.10. The number of fused-ring (bicyclic) bond motifs is 1. The molecule has 0 aliphatic rings. The van der Waals surface area contributed by atoms with Crippen LogP contribution in [0.3, 0.4) is 0 Å². The molecule has 0 atom stereocenters. The molecule has 0 saturated carbocycles. The molecule has 3 aromatic carbocycles. The minimum absolute atomic E-state index is 0.0842. The zero-order chi connectivity index (χ0) is 22.3. The Balaban J connectivity index is 1.40. The van der Waals surface area contributed by atoms with Gasteiger partial charge in [0.25, 0.3) is 5.91 Å².